The van der Waals surface area contributed by atoms with E-state index in [0.29, 0.717) is 5.75 Å². The van der Waals surface area contributed by atoms with Crippen molar-refractivity contribution in [2.45, 2.75) is 31.3 Å². The molecule has 0 bridgehead atoms. The van der Waals surface area contributed by atoms with E-state index >= 15 is 0 Å². The van der Waals surface area contributed by atoms with Crippen molar-refractivity contribution in [3.63, 3.8) is 0 Å². The van der Waals surface area contributed by atoms with Crippen LogP contribution in [-0.4, -0.2) is 28.2 Å². The van der Waals surface area contributed by atoms with Gasteiger partial charge in [-0.2, -0.15) is 0 Å². The maximum absolute atomic E-state index is 12.4. The Morgan fingerprint density at radius 2 is 1.93 bits per heavy atom. The molecule has 0 fully saturated rings. The van der Waals surface area contributed by atoms with E-state index in [1.807, 2.05) is 18.2 Å². The summed E-state index contributed by atoms with van der Waals surface area (Å²) in [5.41, 5.74) is 4.77. The standard InChI is InChI=1S/C23H24N4OS/c1-2-17-6-5-9-20(14-17)26-21(28)16-29-23-22(24-11-12-25-23)27-13-10-18-7-3-4-8-19(18)15-27/h3-9,11-12,14H,2,10,13,15-16H2,1H3,(H,26,28). The van der Waals surface area contributed by atoms with Crippen molar-refractivity contribution >= 4 is 29.2 Å². The van der Waals surface area contributed by atoms with E-state index in [9.17, 15) is 4.79 Å². The zero-order valence-corrected chi connectivity index (χ0v) is 17.3. The summed E-state index contributed by atoms with van der Waals surface area (Å²) in [6.45, 7) is 3.82. The van der Waals surface area contributed by atoms with Crippen molar-refractivity contribution in [1.29, 1.82) is 0 Å². The highest BCUT2D eigenvalue weighted by molar-refractivity contribution is 8.00. The van der Waals surface area contributed by atoms with E-state index in [0.717, 1.165) is 42.5 Å². The first-order chi connectivity index (χ1) is 14.2. The Labute approximate surface area is 175 Å². The molecule has 1 aromatic heterocycles. The predicted octanol–water partition coefficient (Wildman–Crippen LogP) is 4.33. The molecular formula is C23H24N4OS. The minimum Gasteiger partial charge on any atom is -0.350 e. The molecule has 5 nitrogen and oxygen atoms in total. The van der Waals surface area contributed by atoms with E-state index < -0.39 is 0 Å². The fourth-order valence-corrected chi connectivity index (χ4v) is 4.30. The van der Waals surface area contributed by atoms with Gasteiger partial charge in [0.25, 0.3) is 0 Å². The quantitative estimate of drug-likeness (QED) is 0.620. The lowest BCUT2D eigenvalue weighted by molar-refractivity contribution is -0.113. The van der Waals surface area contributed by atoms with Crippen molar-refractivity contribution in [3.8, 4) is 0 Å². The SMILES string of the molecule is CCc1cccc(NC(=O)CSc2nccnc2N2CCc3ccccc3C2)c1. The molecule has 1 amide bonds. The third kappa shape index (κ3) is 4.77. The molecule has 0 radical (unpaired) electrons. The highest BCUT2D eigenvalue weighted by atomic mass is 32.2. The van der Waals surface area contributed by atoms with Crippen LogP contribution in [0.2, 0.25) is 0 Å². The Hall–Kier alpha value is -2.86. The Kier molecular flexibility index (Phi) is 6.10. The first kappa shape index (κ1) is 19.5. The summed E-state index contributed by atoms with van der Waals surface area (Å²) < 4.78 is 0. The van der Waals surface area contributed by atoms with Crippen molar-refractivity contribution in [3.05, 3.63) is 77.6 Å². The molecule has 1 aliphatic heterocycles. The molecule has 148 valence electrons. The van der Waals surface area contributed by atoms with Gasteiger partial charge in [0.15, 0.2) is 5.82 Å². The number of thioether (sulfide) groups is 1. The number of hydrogen-bond acceptors (Lipinski definition) is 5. The molecule has 0 saturated carbocycles. The molecule has 2 heterocycles. The van der Waals surface area contributed by atoms with Crippen LogP contribution in [-0.2, 0) is 24.2 Å². The number of nitrogens with one attached hydrogen (secondary N) is 1. The first-order valence-corrected chi connectivity index (χ1v) is 10.9. The molecule has 1 N–H and O–H groups in total. The minimum absolute atomic E-state index is 0.0381. The Bertz CT molecular complexity index is 1010. The van der Waals surface area contributed by atoms with Crippen LogP contribution < -0.4 is 10.2 Å². The number of anilines is 2. The van der Waals surface area contributed by atoms with E-state index in [2.05, 4.69) is 57.4 Å². The molecule has 0 unspecified atom stereocenters. The van der Waals surface area contributed by atoms with Crippen molar-refractivity contribution in [2.24, 2.45) is 0 Å². The van der Waals surface area contributed by atoms with Gasteiger partial charge in [0.2, 0.25) is 5.91 Å². The zero-order chi connectivity index (χ0) is 20.1. The Balaban J connectivity index is 1.42. The number of aromatic nitrogens is 2. The molecule has 29 heavy (non-hydrogen) atoms. The van der Waals surface area contributed by atoms with Crippen LogP contribution in [0.4, 0.5) is 11.5 Å². The third-order valence-corrected chi connectivity index (χ3v) is 6.00. The number of carbonyl (C=O) groups excluding carboxylic acids is 1. The van der Waals surface area contributed by atoms with Gasteiger partial charge < -0.3 is 10.2 Å². The number of aryl methyl sites for hydroxylation is 1. The molecule has 0 saturated heterocycles. The number of benzene rings is 2. The van der Waals surface area contributed by atoms with Gasteiger partial charge in [-0.05, 0) is 41.7 Å². The fourth-order valence-electron chi connectivity index (χ4n) is 3.51. The molecule has 0 spiro atoms. The molecule has 0 aliphatic carbocycles. The number of nitrogens with zero attached hydrogens (tertiary/aromatic N) is 3. The van der Waals surface area contributed by atoms with Crippen LogP contribution >= 0.6 is 11.8 Å². The van der Waals surface area contributed by atoms with Gasteiger partial charge in [0.1, 0.15) is 5.03 Å². The third-order valence-electron chi connectivity index (χ3n) is 5.04. The van der Waals surface area contributed by atoms with E-state index in [-0.39, 0.29) is 5.91 Å². The minimum atomic E-state index is -0.0381. The first-order valence-electron chi connectivity index (χ1n) is 9.87. The highest BCUT2D eigenvalue weighted by Crippen LogP contribution is 2.30. The second-order valence-electron chi connectivity index (χ2n) is 7.02. The Morgan fingerprint density at radius 1 is 1.10 bits per heavy atom. The van der Waals surface area contributed by atoms with Crippen LogP contribution in [0.15, 0.2) is 66.0 Å². The van der Waals surface area contributed by atoms with Crippen LogP contribution in [0, 0.1) is 0 Å². The summed E-state index contributed by atoms with van der Waals surface area (Å²) in [7, 11) is 0. The van der Waals surface area contributed by atoms with Gasteiger partial charge in [0, 0.05) is 31.2 Å². The number of fused-ring (bicyclic) bond motifs is 1. The summed E-state index contributed by atoms with van der Waals surface area (Å²) in [5.74, 6) is 1.11. The van der Waals surface area contributed by atoms with E-state index in [4.69, 9.17) is 0 Å². The van der Waals surface area contributed by atoms with Crippen LogP contribution in [0.5, 0.6) is 0 Å². The Morgan fingerprint density at radius 3 is 2.79 bits per heavy atom. The van der Waals surface area contributed by atoms with Gasteiger partial charge in [-0.1, -0.05) is 55.1 Å². The van der Waals surface area contributed by atoms with Crippen LogP contribution in [0.3, 0.4) is 0 Å². The second kappa shape index (κ2) is 9.09. The molecular weight excluding hydrogens is 380 g/mol. The molecule has 4 rings (SSSR count). The summed E-state index contributed by atoms with van der Waals surface area (Å²) in [6.07, 6.45) is 5.34. The molecule has 0 atom stereocenters. The zero-order valence-electron chi connectivity index (χ0n) is 16.5. The van der Waals surface area contributed by atoms with Gasteiger partial charge in [-0.15, -0.1) is 0 Å². The van der Waals surface area contributed by atoms with Gasteiger partial charge >= 0.3 is 0 Å². The maximum atomic E-state index is 12.4. The average Bonchev–Trinajstić information content (AvgIpc) is 2.77. The molecule has 1 aliphatic rings. The van der Waals surface area contributed by atoms with Crippen molar-refractivity contribution in [2.75, 3.05) is 22.5 Å². The summed E-state index contributed by atoms with van der Waals surface area (Å²) in [5, 5.41) is 3.77. The lowest BCUT2D eigenvalue weighted by Gasteiger charge is -2.30. The lowest BCUT2D eigenvalue weighted by atomic mass is 10.0. The monoisotopic (exact) mass is 404 g/mol. The van der Waals surface area contributed by atoms with Crippen LogP contribution in [0.25, 0.3) is 0 Å². The smallest absolute Gasteiger partial charge is 0.234 e. The average molecular weight is 405 g/mol. The maximum Gasteiger partial charge on any atom is 0.234 e. The van der Waals surface area contributed by atoms with Gasteiger partial charge in [0.05, 0.1) is 5.75 Å². The predicted molar refractivity (Wildman–Crippen MR) is 118 cm³/mol. The lowest BCUT2D eigenvalue weighted by Crippen LogP contribution is -2.31. The summed E-state index contributed by atoms with van der Waals surface area (Å²) in [6, 6.07) is 16.5. The van der Waals surface area contributed by atoms with Crippen LogP contribution in [0.1, 0.15) is 23.6 Å². The van der Waals surface area contributed by atoms with E-state index in [1.165, 1.54) is 28.5 Å². The summed E-state index contributed by atoms with van der Waals surface area (Å²) in [4.78, 5) is 23.8. The molecule has 3 aromatic rings. The number of amides is 1. The van der Waals surface area contributed by atoms with E-state index in [1.54, 1.807) is 12.4 Å². The number of rotatable bonds is 6. The largest absolute Gasteiger partial charge is 0.350 e. The van der Waals surface area contributed by atoms with Crippen molar-refractivity contribution < 1.29 is 4.79 Å². The van der Waals surface area contributed by atoms with Gasteiger partial charge in [-0.3, -0.25) is 4.79 Å². The topological polar surface area (TPSA) is 58.1 Å². The number of hydrogen-bond donors (Lipinski definition) is 1. The highest BCUT2D eigenvalue weighted by Gasteiger charge is 2.20. The summed E-state index contributed by atoms with van der Waals surface area (Å²) >= 11 is 1.43. The molecule has 6 heteroatoms. The van der Waals surface area contributed by atoms with Crippen molar-refractivity contribution in [1.82, 2.24) is 9.97 Å². The second-order valence-corrected chi connectivity index (χ2v) is 7.98. The normalized spacial score (nSPS) is 13.1. The number of carbonyl (C=O) groups is 1. The fraction of sp³-hybridized carbons (Fsp3) is 0.261. The van der Waals surface area contributed by atoms with Gasteiger partial charge in [-0.25, -0.2) is 9.97 Å². The molecule has 2 aromatic carbocycles.